The van der Waals surface area contributed by atoms with Gasteiger partial charge in [-0.15, -0.1) is 0 Å². The number of halogens is 4. The van der Waals surface area contributed by atoms with E-state index in [4.69, 9.17) is 9.47 Å². The zero-order chi connectivity index (χ0) is 25.3. The number of aliphatic carboxylic acids is 1. The molecule has 2 aromatic carbocycles. The highest BCUT2D eigenvalue weighted by Crippen LogP contribution is 2.34. The first kappa shape index (κ1) is 25.0. The van der Waals surface area contributed by atoms with Gasteiger partial charge in [0.15, 0.2) is 5.60 Å². The number of hydrogen-bond donors (Lipinski definition) is 1. The maximum Gasteiger partial charge on any atom is 0.419 e. The second kappa shape index (κ2) is 9.32. The van der Waals surface area contributed by atoms with Crippen molar-refractivity contribution in [2.24, 2.45) is 0 Å². The smallest absolute Gasteiger partial charge is 0.419 e. The highest BCUT2D eigenvalue weighted by Gasteiger charge is 2.34. The molecule has 0 saturated heterocycles. The van der Waals surface area contributed by atoms with Crippen molar-refractivity contribution in [3.8, 4) is 22.8 Å². The lowest BCUT2D eigenvalue weighted by atomic mass is 10.1. The zero-order valence-corrected chi connectivity index (χ0v) is 19.0. The van der Waals surface area contributed by atoms with E-state index in [9.17, 15) is 27.5 Å². The molecular weight excluding hydrogens is 454 g/mol. The molecule has 1 heterocycles. The number of carbonyl (C=O) groups is 1. The van der Waals surface area contributed by atoms with Gasteiger partial charge in [-0.2, -0.15) is 13.2 Å². The molecule has 0 unspecified atom stereocenters. The molecular formula is C25H23F4NO4. The molecule has 0 radical (unpaired) electrons. The van der Waals surface area contributed by atoms with E-state index in [1.165, 1.54) is 19.9 Å². The Morgan fingerprint density at radius 3 is 2.32 bits per heavy atom. The van der Waals surface area contributed by atoms with Crippen LogP contribution < -0.4 is 9.47 Å². The molecule has 0 saturated carbocycles. The SMILES string of the molecule is Cc1cc(OCc2ccc(-c3ccc(F)c(C(F)(F)F)c3)nc2C)ccc1OC(C)(C)C(=O)O. The lowest BCUT2D eigenvalue weighted by Crippen LogP contribution is -2.38. The summed E-state index contributed by atoms with van der Waals surface area (Å²) < 4.78 is 64.0. The van der Waals surface area contributed by atoms with E-state index >= 15 is 0 Å². The van der Waals surface area contributed by atoms with Crippen molar-refractivity contribution in [1.82, 2.24) is 4.98 Å². The molecule has 34 heavy (non-hydrogen) atoms. The van der Waals surface area contributed by atoms with Crippen LogP contribution in [0.25, 0.3) is 11.3 Å². The summed E-state index contributed by atoms with van der Waals surface area (Å²) in [4.78, 5) is 15.6. The van der Waals surface area contributed by atoms with Gasteiger partial charge in [-0.1, -0.05) is 6.07 Å². The monoisotopic (exact) mass is 477 g/mol. The van der Waals surface area contributed by atoms with Gasteiger partial charge in [0.2, 0.25) is 0 Å². The minimum absolute atomic E-state index is 0.149. The summed E-state index contributed by atoms with van der Waals surface area (Å²) in [5.41, 5.74) is -0.337. The van der Waals surface area contributed by atoms with Gasteiger partial charge in [0.1, 0.15) is 23.9 Å². The van der Waals surface area contributed by atoms with E-state index in [1.54, 1.807) is 44.2 Å². The van der Waals surface area contributed by atoms with Crippen LogP contribution in [-0.2, 0) is 17.6 Å². The number of carboxylic acid groups (broad SMARTS) is 1. The number of alkyl halides is 3. The van der Waals surface area contributed by atoms with Crippen molar-refractivity contribution < 1.29 is 36.9 Å². The summed E-state index contributed by atoms with van der Waals surface area (Å²) in [5, 5.41) is 9.22. The third-order valence-electron chi connectivity index (χ3n) is 5.18. The Balaban J connectivity index is 1.74. The largest absolute Gasteiger partial charge is 0.489 e. The van der Waals surface area contributed by atoms with Crippen LogP contribution in [0, 0.1) is 19.7 Å². The topological polar surface area (TPSA) is 68.7 Å². The summed E-state index contributed by atoms with van der Waals surface area (Å²) in [6.07, 6.45) is -4.80. The van der Waals surface area contributed by atoms with E-state index in [2.05, 4.69) is 4.98 Å². The van der Waals surface area contributed by atoms with Crippen LogP contribution in [0.1, 0.15) is 36.2 Å². The number of benzene rings is 2. The van der Waals surface area contributed by atoms with Gasteiger partial charge in [-0.25, -0.2) is 9.18 Å². The molecule has 1 N–H and O–H groups in total. The number of carboxylic acids is 1. The summed E-state index contributed by atoms with van der Waals surface area (Å²) in [5.74, 6) is -1.49. The predicted octanol–water partition coefficient (Wildman–Crippen LogP) is 6.34. The Bertz CT molecular complexity index is 1220. The summed E-state index contributed by atoms with van der Waals surface area (Å²) in [6, 6.07) is 11.0. The van der Waals surface area contributed by atoms with E-state index in [-0.39, 0.29) is 17.9 Å². The fourth-order valence-corrected chi connectivity index (χ4v) is 3.11. The fraction of sp³-hybridized carbons (Fsp3) is 0.280. The third-order valence-corrected chi connectivity index (χ3v) is 5.18. The van der Waals surface area contributed by atoms with Crippen LogP contribution in [0.15, 0.2) is 48.5 Å². The summed E-state index contributed by atoms with van der Waals surface area (Å²) in [6.45, 7) is 6.52. The molecule has 9 heteroatoms. The molecule has 0 aliphatic rings. The van der Waals surface area contributed by atoms with E-state index < -0.39 is 29.1 Å². The Kier molecular flexibility index (Phi) is 6.86. The van der Waals surface area contributed by atoms with Gasteiger partial charge in [-0.3, -0.25) is 4.98 Å². The standard InChI is InChI=1S/C25H23F4NO4/c1-14-11-18(7-10-22(14)34-24(3,4)23(31)32)33-13-17-6-9-21(30-15(17)2)16-5-8-20(26)19(12-16)25(27,28)29/h5-12H,13H2,1-4H3,(H,31,32). The Morgan fingerprint density at radius 1 is 1.03 bits per heavy atom. The normalized spacial score (nSPS) is 11.9. The summed E-state index contributed by atoms with van der Waals surface area (Å²) >= 11 is 0. The molecule has 0 aliphatic heterocycles. The molecule has 0 atom stereocenters. The third kappa shape index (κ3) is 5.65. The van der Waals surface area contributed by atoms with Gasteiger partial charge in [0.25, 0.3) is 0 Å². The van der Waals surface area contributed by atoms with Crippen molar-refractivity contribution in [3.63, 3.8) is 0 Å². The van der Waals surface area contributed by atoms with Gasteiger partial charge in [0.05, 0.1) is 11.3 Å². The first-order valence-electron chi connectivity index (χ1n) is 10.3. The summed E-state index contributed by atoms with van der Waals surface area (Å²) in [7, 11) is 0. The number of hydrogen-bond acceptors (Lipinski definition) is 4. The molecule has 180 valence electrons. The number of aromatic nitrogens is 1. The van der Waals surface area contributed by atoms with Crippen LogP contribution in [0.2, 0.25) is 0 Å². The molecule has 0 fully saturated rings. The molecule has 5 nitrogen and oxygen atoms in total. The first-order valence-corrected chi connectivity index (χ1v) is 10.3. The van der Waals surface area contributed by atoms with Gasteiger partial charge >= 0.3 is 12.1 Å². The van der Waals surface area contributed by atoms with Gasteiger partial charge in [0, 0.05) is 16.8 Å². The van der Waals surface area contributed by atoms with Crippen molar-refractivity contribution in [2.45, 2.75) is 46.1 Å². The number of rotatable bonds is 7. The Morgan fingerprint density at radius 2 is 1.74 bits per heavy atom. The highest BCUT2D eigenvalue weighted by atomic mass is 19.4. The maximum absolute atomic E-state index is 13.6. The zero-order valence-electron chi connectivity index (χ0n) is 19.0. The molecule has 1 aromatic heterocycles. The number of pyridine rings is 1. The predicted molar refractivity (Wildman–Crippen MR) is 117 cm³/mol. The van der Waals surface area contributed by atoms with E-state index in [0.29, 0.717) is 28.3 Å². The molecule has 0 amide bonds. The quantitative estimate of drug-likeness (QED) is 0.402. The lowest BCUT2D eigenvalue weighted by molar-refractivity contribution is -0.152. The highest BCUT2D eigenvalue weighted by molar-refractivity contribution is 5.76. The van der Waals surface area contributed by atoms with Crippen LogP contribution in [0.4, 0.5) is 17.6 Å². The van der Waals surface area contributed by atoms with Gasteiger partial charge in [-0.05, 0) is 75.7 Å². The minimum Gasteiger partial charge on any atom is -0.489 e. The fourth-order valence-electron chi connectivity index (χ4n) is 3.11. The van der Waals surface area contributed by atoms with Crippen molar-refractivity contribution in [3.05, 3.63) is 76.7 Å². The first-order chi connectivity index (χ1) is 15.8. The number of aryl methyl sites for hydroxylation is 2. The average Bonchev–Trinajstić information content (AvgIpc) is 2.74. The minimum atomic E-state index is -4.80. The Hall–Kier alpha value is -3.62. The molecule has 0 aliphatic carbocycles. The van der Waals surface area contributed by atoms with Crippen LogP contribution >= 0.6 is 0 Å². The average molecular weight is 477 g/mol. The van der Waals surface area contributed by atoms with E-state index in [0.717, 1.165) is 12.1 Å². The van der Waals surface area contributed by atoms with Crippen molar-refractivity contribution in [2.75, 3.05) is 0 Å². The van der Waals surface area contributed by atoms with Crippen LogP contribution in [0.3, 0.4) is 0 Å². The molecule has 0 bridgehead atoms. The Labute approximate surface area is 194 Å². The van der Waals surface area contributed by atoms with Crippen molar-refractivity contribution in [1.29, 1.82) is 0 Å². The molecule has 3 aromatic rings. The molecule has 0 spiro atoms. The second-order valence-corrected chi connectivity index (χ2v) is 8.27. The lowest BCUT2D eigenvalue weighted by Gasteiger charge is -2.23. The molecule has 3 rings (SSSR count). The van der Waals surface area contributed by atoms with E-state index in [1.807, 2.05) is 0 Å². The second-order valence-electron chi connectivity index (χ2n) is 8.27. The van der Waals surface area contributed by atoms with Crippen LogP contribution in [0.5, 0.6) is 11.5 Å². The van der Waals surface area contributed by atoms with Crippen LogP contribution in [-0.4, -0.2) is 21.7 Å². The van der Waals surface area contributed by atoms with Crippen molar-refractivity contribution >= 4 is 5.97 Å². The number of nitrogens with zero attached hydrogens (tertiary/aromatic N) is 1. The maximum atomic E-state index is 13.6. The number of ether oxygens (including phenoxy) is 2. The van der Waals surface area contributed by atoms with Gasteiger partial charge < -0.3 is 14.6 Å².